The lowest BCUT2D eigenvalue weighted by atomic mass is 10.2. The lowest BCUT2D eigenvalue weighted by Crippen LogP contribution is -2.29. The second-order valence-corrected chi connectivity index (χ2v) is 14.3. The number of hydrogen-bond acceptors (Lipinski definition) is 7. The van der Waals surface area contributed by atoms with Crippen LogP contribution in [0.3, 0.4) is 0 Å². The molecule has 0 radical (unpaired) electrons. The highest BCUT2D eigenvalue weighted by Gasteiger charge is 2.22. The number of rotatable bonds is 35. The molecular weight excluding hydrogens is 739 g/mol. The van der Waals surface area contributed by atoms with Gasteiger partial charge in [0.2, 0.25) is 0 Å². The Kier molecular flexibility index (Phi) is 37.6. The van der Waals surface area contributed by atoms with Crippen LogP contribution in [0.25, 0.3) is 0 Å². The first-order valence-electron chi connectivity index (χ1n) is 20.6. The number of ether oxygens (including phenoxy) is 2. The van der Waals surface area contributed by atoms with Gasteiger partial charge in [0, 0.05) is 12.8 Å². The molecule has 10 heteroatoms. The quantitative estimate of drug-likeness (QED) is 0.0188. The number of hydrogen-bond donors (Lipinski definition) is 3. The summed E-state index contributed by atoms with van der Waals surface area (Å²) in [5, 5.41) is 10.1. The van der Waals surface area contributed by atoms with Gasteiger partial charge in [0.25, 0.3) is 0 Å². The van der Waals surface area contributed by atoms with Crippen LogP contribution in [0.5, 0.6) is 0 Å². The van der Waals surface area contributed by atoms with Gasteiger partial charge in [0.1, 0.15) is 6.61 Å². The van der Waals surface area contributed by atoms with E-state index in [2.05, 4.69) is 103 Å². The van der Waals surface area contributed by atoms with Gasteiger partial charge in [-0.15, -0.1) is 0 Å². The Labute approximate surface area is 344 Å². The second-order valence-electron chi connectivity index (χ2n) is 13.1. The summed E-state index contributed by atoms with van der Waals surface area (Å²) >= 11 is 0. The summed E-state index contributed by atoms with van der Waals surface area (Å²) in [7, 11) is -4.83. The van der Waals surface area contributed by atoms with Crippen molar-refractivity contribution in [2.75, 3.05) is 13.2 Å². The minimum absolute atomic E-state index is 0.0189. The standard InChI is InChI=1S/C47H71O9P/c1-3-5-7-9-11-13-15-17-18-19-20-21-22-24-26-28-30-32-36-40-46(49)54-42-45(43-55-57(51,52)53)56-47(50)41-37-33-35-39-44(48)38-34-31-29-27-25-23-16-14-12-10-8-6-4-2/h6,8,11-14,17-18,20-21,23-26,29-35,38,44-45,48H,3-5,7,9-10,15-16,19,22,27-28,36-37,39-43H2,1-2H3,(H2,51,52,53)/b8-6-,13-11-,14-12-,18-17-,21-20-,25-23-,26-24-,31-29-,32-30-,35-33-,38-34-/t44?,45-/m1/s1. The first-order chi connectivity index (χ1) is 27.7. The van der Waals surface area contributed by atoms with Gasteiger partial charge in [0.15, 0.2) is 6.10 Å². The maximum Gasteiger partial charge on any atom is 0.469 e. The first-order valence-corrected chi connectivity index (χ1v) is 22.1. The van der Waals surface area contributed by atoms with Crippen molar-refractivity contribution < 1.29 is 43.0 Å². The van der Waals surface area contributed by atoms with Gasteiger partial charge < -0.3 is 24.4 Å². The number of allylic oxidation sites excluding steroid dienone is 20. The Morgan fingerprint density at radius 3 is 1.56 bits per heavy atom. The lowest BCUT2D eigenvalue weighted by molar-refractivity contribution is -0.161. The van der Waals surface area contributed by atoms with Crippen molar-refractivity contribution in [3.8, 4) is 0 Å². The molecule has 3 N–H and O–H groups in total. The molecule has 0 fully saturated rings. The van der Waals surface area contributed by atoms with Crippen LogP contribution in [0.2, 0.25) is 0 Å². The molecule has 0 bridgehead atoms. The summed E-state index contributed by atoms with van der Waals surface area (Å²) in [5.41, 5.74) is 0. The molecule has 318 valence electrons. The Balaban J connectivity index is 4.31. The average molecular weight is 811 g/mol. The van der Waals surface area contributed by atoms with E-state index < -0.39 is 45.2 Å². The molecule has 0 aliphatic carbocycles. The van der Waals surface area contributed by atoms with Crippen molar-refractivity contribution in [3.63, 3.8) is 0 Å². The summed E-state index contributed by atoms with van der Waals surface area (Å²) in [4.78, 5) is 42.8. The molecule has 0 amide bonds. The molecule has 57 heavy (non-hydrogen) atoms. The number of aliphatic hydroxyl groups excluding tert-OH is 1. The van der Waals surface area contributed by atoms with Crippen LogP contribution in [0.1, 0.15) is 123 Å². The van der Waals surface area contributed by atoms with E-state index >= 15 is 0 Å². The Morgan fingerprint density at radius 1 is 0.561 bits per heavy atom. The second kappa shape index (κ2) is 40.4. The molecule has 1 unspecified atom stereocenters. The Bertz CT molecular complexity index is 1390. The van der Waals surface area contributed by atoms with E-state index in [1.54, 1.807) is 24.3 Å². The monoisotopic (exact) mass is 810 g/mol. The predicted molar refractivity (Wildman–Crippen MR) is 235 cm³/mol. The molecule has 0 aromatic carbocycles. The van der Waals surface area contributed by atoms with Gasteiger partial charge in [-0.1, -0.05) is 160 Å². The maximum atomic E-state index is 12.4. The first kappa shape index (κ1) is 53.1. The summed E-state index contributed by atoms with van der Waals surface area (Å²) in [6.07, 6.45) is 56.4. The highest BCUT2D eigenvalue weighted by atomic mass is 31.2. The third kappa shape index (κ3) is 43.1. The van der Waals surface area contributed by atoms with E-state index in [9.17, 15) is 19.3 Å². The summed E-state index contributed by atoms with van der Waals surface area (Å²) in [6, 6.07) is 0. The van der Waals surface area contributed by atoms with E-state index in [0.29, 0.717) is 19.3 Å². The van der Waals surface area contributed by atoms with E-state index in [0.717, 1.165) is 51.4 Å². The van der Waals surface area contributed by atoms with E-state index in [1.807, 2.05) is 24.3 Å². The van der Waals surface area contributed by atoms with E-state index in [1.165, 1.54) is 25.7 Å². The zero-order valence-electron chi connectivity index (χ0n) is 34.5. The Hall–Kier alpha value is -3.85. The zero-order chi connectivity index (χ0) is 41.9. The molecule has 0 aromatic heterocycles. The van der Waals surface area contributed by atoms with Crippen LogP contribution in [0.4, 0.5) is 0 Å². The molecule has 0 aromatic rings. The SMILES string of the molecule is CC/C=C\C/C=C\C/C=C\C/C=C\C=C/C(O)C/C=C\CCC(=O)O[C@H](COC(=O)CC/C=C\C/C=C\C/C=C\C/C=C\C/C=C\CCCCC)COP(=O)(O)O. The van der Waals surface area contributed by atoms with Crippen LogP contribution in [-0.4, -0.2) is 52.3 Å². The average Bonchev–Trinajstić information content (AvgIpc) is 3.18. The smallest absolute Gasteiger partial charge is 0.462 e. The summed E-state index contributed by atoms with van der Waals surface area (Å²) in [5.74, 6) is -1.18. The fourth-order valence-corrected chi connectivity index (χ4v) is 5.06. The van der Waals surface area contributed by atoms with E-state index in [-0.39, 0.29) is 12.8 Å². The van der Waals surface area contributed by atoms with Crippen LogP contribution < -0.4 is 0 Å². The minimum atomic E-state index is -4.83. The van der Waals surface area contributed by atoms with Crippen molar-refractivity contribution >= 4 is 19.8 Å². The van der Waals surface area contributed by atoms with Gasteiger partial charge >= 0.3 is 19.8 Å². The minimum Gasteiger partial charge on any atom is -0.462 e. The highest BCUT2D eigenvalue weighted by molar-refractivity contribution is 7.46. The molecule has 0 rings (SSSR count). The van der Waals surface area contributed by atoms with Crippen molar-refractivity contribution in [3.05, 3.63) is 134 Å². The third-order valence-electron chi connectivity index (χ3n) is 7.76. The van der Waals surface area contributed by atoms with E-state index in [4.69, 9.17) is 19.3 Å². The molecule has 0 spiro atoms. The molecule has 0 saturated carbocycles. The summed E-state index contributed by atoms with van der Waals surface area (Å²) in [6.45, 7) is 3.31. The van der Waals surface area contributed by atoms with Crippen molar-refractivity contribution in [1.82, 2.24) is 0 Å². The number of esters is 2. The molecule has 9 nitrogen and oxygen atoms in total. The topological polar surface area (TPSA) is 140 Å². The van der Waals surface area contributed by atoms with Gasteiger partial charge in [0.05, 0.1) is 12.7 Å². The summed E-state index contributed by atoms with van der Waals surface area (Å²) < 4.78 is 26.2. The maximum absolute atomic E-state index is 12.4. The van der Waals surface area contributed by atoms with Crippen molar-refractivity contribution in [1.29, 1.82) is 0 Å². The number of phosphoric ester groups is 1. The molecule has 0 heterocycles. The largest absolute Gasteiger partial charge is 0.469 e. The van der Waals surface area contributed by atoms with Crippen LogP contribution in [0, 0.1) is 0 Å². The van der Waals surface area contributed by atoms with Gasteiger partial charge in [-0.25, -0.2) is 4.57 Å². The molecule has 0 aliphatic rings. The van der Waals surface area contributed by atoms with Crippen LogP contribution in [-0.2, 0) is 28.2 Å². The van der Waals surface area contributed by atoms with Crippen molar-refractivity contribution in [2.24, 2.45) is 0 Å². The number of unbranched alkanes of at least 4 members (excludes halogenated alkanes) is 3. The number of carbonyl (C=O) groups excluding carboxylic acids is 2. The van der Waals surface area contributed by atoms with Gasteiger partial charge in [-0.3, -0.25) is 14.1 Å². The van der Waals surface area contributed by atoms with Crippen molar-refractivity contribution in [2.45, 2.75) is 135 Å². The molecule has 2 atom stereocenters. The van der Waals surface area contributed by atoms with Crippen LogP contribution >= 0.6 is 7.82 Å². The lowest BCUT2D eigenvalue weighted by Gasteiger charge is -2.18. The zero-order valence-corrected chi connectivity index (χ0v) is 35.4. The number of carbonyl (C=O) groups is 2. The highest BCUT2D eigenvalue weighted by Crippen LogP contribution is 2.35. The molecule has 0 saturated heterocycles. The Morgan fingerprint density at radius 2 is 1.04 bits per heavy atom. The fourth-order valence-electron chi connectivity index (χ4n) is 4.70. The van der Waals surface area contributed by atoms with Crippen LogP contribution in [0.15, 0.2) is 134 Å². The predicted octanol–water partition coefficient (Wildman–Crippen LogP) is 11.7. The fraction of sp³-hybridized carbons (Fsp3) is 0.489. The number of aliphatic hydroxyl groups is 1. The molecule has 0 aliphatic heterocycles. The normalized spacial score (nSPS) is 14.4. The third-order valence-corrected chi connectivity index (χ3v) is 8.25. The molecular formula is C47H71O9P. The number of phosphoric acid groups is 1. The van der Waals surface area contributed by atoms with Gasteiger partial charge in [-0.05, 0) is 83.5 Å². The van der Waals surface area contributed by atoms with Gasteiger partial charge in [-0.2, -0.15) is 0 Å².